The number of pyridine rings is 1. The van der Waals surface area contributed by atoms with Crippen LogP contribution in [0.15, 0.2) is 11.1 Å². The maximum Gasteiger partial charge on any atom is 0.266 e. The van der Waals surface area contributed by atoms with Crippen LogP contribution < -0.4 is 5.14 Å². The van der Waals surface area contributed by atoms with Gasteiger partial charge in [0, 0.05) is 0 Å². The highest BCUT2D eigenvalue weighted by molar-refractivity contribution is 14.1. The molecular weight excluding hydrogens is 341 g/mol. The van der Waals surface area contributed by atoms with E-state index in [1.807, 2.05) is 0 Å². The van der Waals surface area contributed by atoms with Gasteiger partial charge in [-0.15, -0.1) is 0 Å². The Morgan fingerprint density at radius 2 is 2.07 bits per heavy atom. The molecule has 0 aliphatic heterocycles. The summed E-state index contributed by atoms with van der Waals surface area (Å²) in [6.45, 7) is 1.56. The summed E-state index contributed by atoms with van der Waals surface area (Å²) in [5.74, 6) is 0. The first kappa shape index (κ1) is 12.7. The number of hydrogen-bond donors (Lipinski definition) is 1. The lowest BCUT2D eigenvalue weighted by molar-refractivity contribution is 0.147. The molecule has 1 aromatic rings. The average Bonchev–Trinajstić information content (AvgIpc) is 2.06. The van der Waals surface area contributed by atoms with Gasteiger partial charge in [0.2, 0.25) is 0 Å². The number of nitrogens with zero attached hydrogens (tertiary/aromatic N) is 1. The first-order valence-electron chi connectivity index (χ1n) is 3.71. The predicted octanol–water partition coefficient (Wildman–Crippen LogP) is 1.58. The molecule has 0 radical (unpaired) electrons. The lowest BCUT2D eigenvalue weighted by atomic mass is 10.2. The van der Waals surface area contributed by atoms with E-state index in [0.717, 1.165) is 6.07 Å². The van der Waals surface area contributed by atoms with Crippen LogP contribution in [0.4, 0.5) is 8.78 Å². The predicted molar refractivity (Wildman–Crippen MR) is 58.0 cm³/mol. The Kier molecular flexibility index (Phi) is 3.61. The first-order valence-corrected chi connectivity index (χ1v) is 6.34. The van der Waals surface area contributed by atoms with Crippen molar-refractivity contribution in [3.05, 3.63) is 20.9 Å². The number of alkyl halides is 2. The standard InChI is InChI=1S/C7H7F2IN2O2S/c1-3-2-4(5(8)9)7(12-6(3)10)15(11,13)14/h2,5H,1H3,(H2,11,13,14). The summed E-state index contributed by atoms with van der Waals surface area (Å²) in [6.07, 6.45) is -2.92. The largest absolute Gasteiger partial charge is 0.266 e. The van der Waals surface area contributed by atoms with E-state index in [0.29, 0.717) is 9.26 Å². The van der Waals surface area contributed by atoms with Crippen molar-refractivity contribution in [2.24, 2.45) is 5.14 Å². The van der Waals surface area contributed by atoms with Gasteiger partial charge in [-0.05, 0) is 41.1 Å². The lowest BCUT2D eigenvalue weighted by Gasteiger charge is -2.08. The fourth-order valence-electron chi connectivity index (χ4n) is 0.981. The van der Waals surface area contributed by atoms with Crippen LogP contribution in [0.5, 0.6) is 0 Å². The minimum atomic E-state index is -4.21. The number of aryl methyl sites for hydroxylation is 1. The van der Waals surface area contributed by atoms with Crippen LogP contribution in [0.1, 0.15) is 17.6 Å². The van der Waals surface area contributed by atoms with Crippen LogP contribution in [0.2, 0.25) is 0 Å². The molecule has 84 valence electrons. The SMILES string of the molecule is Cc1cc(C(F)F)c(S(N)(=O)=O)nc1I. The van der Waals surface area contributed by atoms with Crippen LogP contribution in [0.3, 0.4) is 0 Å². The molecule has 1 aromatic heterocycles. The summed E-state index contributed by atoms with van der Waals surface area (Å²) in [6, 6.07) is 1.08. The van der Waals surface area contributed by atoms with Crippen molar-refractivity contribution in [1.82, 2.24) is 4.98 Å². The molecule has 0 spiro atoms. The molecule has 0 saturated heterocycles. The molecule has 1 heterocycles. The Morgan fingerprint density at radius 3 is 2.47 bits per heavy atom. The highest BCUT2D eigenvalue weighted by atomic mass is 127. The number of sulfonamides is 1. The van der Waals surface area contributed by atoms with Crippen LogP contribution in [-0.4, -0.2) is 13.4 Å². The molecule has 15 heavy (non-hydrogen) atoms. The number of aromatic nitrogens is 1. The molecule has 4 nitrogen and oxygen atoms in total. The molecule has 1 rings (SSSR count). The zero-order chi connectivity index (χ0) is 11.8. The first-order chi connectivity index (χ1) is 6.73. The van der Waals surface area contributed by atoms with Gasteiger partial charge >= 0.3 is 0 Å². The summed E-state index contributed by atoms with van der Waals surface area (Å²) in [7, 11) is -4.21. The van der Waals surface area contributed by atoms with Crippen LogP contribution in [0, 0.1) is 10.6 Å². The summed E-state index contributed by atoms with van der Waals surface area (Å²) >= 11 is 1.75. The van der Waals surface area contributed by atoms with Crippen molar-refractivity contribution in [3.8, 4) is 0 Å². The second-order valence-electron chi connectivity index (χ2n) is 2.84. The van der Waals surface area contributed by atoms with E-state index in [1.54, 1.807) is 29.5 Å². The molecule has 8 heteroatoms. The molecule has 0 bridgehead atoms. The van der Waals surface area contributed by atoms with Crippen molar-refractivity contribution in [2.75, 3.05) is 0 Å². The minimum absolute atomic E-state index is 0.334. The maximum atomic E-state index is 12.5. The number of halogens is 3. The van der Waals surface area contributed by atoms with Gasteiger partial charge in [-0.2, -0.15) is 0 Å². The van der Waals surface area contributed by atoms with Crippen LogP contribution >= 0.6 is 22.6 Å². The lowest BCUT2D eigenvalue weighted by Crippen LogP contribution is -2.17. The quantitative estimate of drug-likeness (QED) is 0.652. The van der Waals surface area contributed by atoms with Gasteiger partial charge in [0.1, 0.15) is 3.70 Å². The van der Waals surface area contributed by atoms with Gasteiger partial charge in [0.25, 0.3) is 16.4 Å². The van der Waals surface area contributed by atoms with Crippen molar-refractivity contribution >= 4 is 32.6 Å². The van der Waals surface area contributed by atoms with Crippen LogP contribution in [0.25, 0.3) is 0 Å². The van der Waals surface area contributed by atoms with E-state index in [2.05, 4.69) is 4.98 Å². The Bertz CT molecular complexity index is 490. The Labute approximate surface area is 99.1 Å². The molecular formula is C7H7F2IN2O2S. The third kappa shape index (κ3) is 2.82. The van der Waals surface area contributed by atoms with E-state index < -0.39 is 27.0 Å². The fourth-order valence-corrected chi connectivity index (χ4v) is 2.24. The molecule has 0 amide bonds. The van der Waals surface area contributed by atoms with E-state index in [4.69, 9.17) is 5.14 Å². The fraction of sp³-hybridized carbons (Fsp3) is 0.286. The van der Waals surface area contributed by atoms with Crippen molar-refractivity contribution in [1.29, 1.82) is 0 Å². The summed E-state index contributed by atoms with van der Waals surface area (Å²) < 4.78 is 47.3. The number of hydrogen-bond acceptors (Lipinski definition) is 3. The monoisotopic (exact) mass is 348 g/mol. The van der Waals surface area contributed by atoms with Crippen molar-refractivity contribution in [3.63, 3.8) is 0 Å². The van der Waals surface area contributed by atoms with Gasteiger partial charge in [0.05, 0.1) is 5.56 Å². The zero-order valence-corrected chi connectivity index (χ0v) is 10.5. The van der Waals surface area contributed by atoms with E-state index in [9.17, 15) is 17.2 Å². The van der Waals surface area contributed by atoms with Crippen molar-refractivity contribution in [2.45, 2.75) is 18.4 Å². The highest BCUT2D eigenvalue weighted by Crippen LogP contribution is 2.26. The van der Waals surface area contributed by atoms with Gasteiger partial charge in [-0.3, -0.25) is 0 Å². The van der Waals surface area contributed by atoms with Gasteiger partial charge in [-0.1, -0.05) is 0 Å². The number of nitrogens with two attached hydrogens (primary N) is 1. The molecule has 0 saturated carbocycles. The van der Waals surface area contributed by atoms with E-state index >= 15 is 0 Å². The number of rotatable bonds is 2. The molecule has 0 aliphatic rings. The normalized spacial score (nSPS) is 12.1. The second-order valence-corrected chi connectivity index (χ2v) is 5.33. The summed E-state index contributed by atoms with van der Waals surface area (Å²) in [5, 5.41) is 4.03. The highest BCUT2D eigenvalue weighted by Gasteiger charge is 2.23. The molecule has 2 N–H and O–H groups in total. The molecule has 0 fully saturated rings. The van der Waals surface area contributed by atoms with Gasteiger partial charge in [0.15, 0.2) is 5.03 Å². The average molecular weight is 348 g/mol. The second kappa shape index (κ2) is 4.26. The van der Waals surface area contributed by atoms with Crippen molar-refractivity contribution < 1.29 is 17.2 Å². The maximum absolute atomic E-state index is 12.5. The molecule has 0 aromatic carbocycles. The zero-order valence-electron chi connectivity index (χ0n) is 7.54. The topological polar surface area (TPSA) is 73.1 Å². The van der Waals surface area contributed by atoms with Gasteiger partial charge in [-0.25, -0.2) is 27.3 Å². The molecule has 0 aliphatic carbocycles. The summed E-state index contributed by atoms with van der Waals surface area (Å²) in [5.41, 5.74) is -0.172. The Balaban J connectivity index is 3.56. The third-order valence-electron chi connectivity index (χ3n) is 1.65. The Morgan fingerprint density at radius 1 is 1.53 bits per heavy atom. The molecule has 0 atom stereocenters. The number of primary sulfonamides is 1. The minimum Gasteiger partial charge on any atom is -0.228 e. The molecule has 0 unspecified atom stereocenters. The van der Waals surface area contributed by atoms with Crippen LogP contribution in [-0.2, 0) is 10.0 Å². The van der Waals surface area contributed by atoms with E-state index in [-0.39, 0.29) is 0 Å². The van der Waals surface area contributed by atoms with Gasteiger partial charge < -0.3 is 0 Å². The summed E-state index contributed by atoms with van der Waals surface area (Å²) in [4.78, 5) is 3.56. The third-order valence-corrected chi connectivity index (χ3v) is 3.61. The smallest absolute Gasteiger partial charge is 0.228 e. The Hall–Kier alpha value is -0.350. The van der Waals surface area contributed by atoms with E-state index in [1.165, 1.54) is 0 Å².